The number of hydrogen-bond donors (Lipinski definition) is 4. The minimum Gasteiger partial charge on any atom is -0.477 e. The van der Waals surface area contributed by atoms with Gasteiger partial charge in [-0.25, -0.2) is 19.7 Å². The predicted molar refractivity (Wildman–Crippen MR) is 118 cm³/mol. The predicted octanol–water partition coefficient (Wildman–Crippen LogP) is 0.323. The van der Waals surface area contributed by atoms with Crippen LogP contribution in [0.4, 0.5) is 5.13 Å². The Morgan fingerprint density at radius 3 is 2.88 bits per heavy atom. The minimum atomic E-state index is -1.23. The second-order valence-electron chi connectivity index (χ2n) is 6.45. The number of thioether (sulfide) groups is 2. The van der Waals surface area contributed by atoms with E-state index in [-0.39, 0.29) is 22.2 Å². The molecule has 2 aliphatic rings. The maximum absolute atomic E-state index is 12.8. The molecule has 15 heteroatoms. The molecule has 0 radical (unpaired) electrons. The van der Waals surface area contributed by atoms with Gasteiger partial charge in [-0.3, -0.25) is 14.5 Å². The molecule has 2 amide bonds. The molecule has 0 aromatic carbocycles. The van der Waals surface area contributed by atoms with Crippen LogP contribution in [0.15, 0.2) is 39.7 Å². The standard InChI is InChI=1S/C17H15N7O5S3/c18-17-21-8(4-32-17)10(23-29)13(25)22-11-14(26)24-12(16(27)28)9(5-31-15(11)24)30-3-7-1-2-19-6-20-7/h1-2,4,6,11,15,29H,3,5H2,(H2,18,21)(H,22,25)(H,27,28)/b23-10-/t11-,15-/m1/s1. The summed E-state index contributed by atoms with van der Waals surface area (Å²) in [5, 5.41) is 25.4. The van der Waals surface area contributed by atoms with Gasteiger partial charge in [0.2, 0.25) is 0 Å². The van der Waals surface area contributed by atoms with Crippen LogP contribution in [0.5, 0.6) is 0 Å². The Morgan fingerprint density at radius 2 is 2.25 bits per heavy atom. The molecule has 32 heavy (non-hydrogen) atoms. The number of anilines is 1. The summed E-state index contributed by atoms with van der Waals surface area (Å²) >= 11 is 3.68. The average Bonchev–Trinajstić information content (AvgIpc) is 3.22. The Kier molecular flexibility index (Phi) is 6.29. The summed E-state index contributed by atoms with van der Waals surface area (Å²) in [5.74, 6) is -1.84. The molecule has 1 fully saturated rings. The molecular formula is C17H15N7O5S3. The molecule has 166 valence electrons. The van der Waals surface area contributed by atoms with Crippen molar-refractivity contribution < 1.29 is 24.7 Å². The van der Waals surface area contributed by atoms with Gasteiger partial charge >= 0.3 is 5.97 Å². The number of nitrogen functional groups attached to an aromatic ring is 1. The number of carboxylic acids is 1. The van der Waals surface area contributed by atoms with E-state index in [1.165, 1.54) is 40.1 Å². The van der Waals surface area contributed by atoms with E-state index >= 15 is 0 Å². The van der Waals surface area contributed by atoms with Gasteiger partial charge in [0.05, 0.1) is 5.69 Å². The first-order chi connectivity index (χ1) is 15.4. The molecule has 12 nitrogen and oxygen atoms in total. The lowest BCUT2D eigenvalue weighted by molar-refractivity contribution is -0.150. The first-order valence-electron chi connectivity index (χ1n) is 8.93. The van der Waals surface area contributed by atoms with Gasteiger partial charge in [-0.1, -0.05) is 5.16 Å². The number of β-lactam (4-membered cyclic amide) rings is 1. The van der Waals surface area contributed by atoms with Gasteiger partial charge in [0.1, 0.15) is 29.1 Å². The topological polar surface area (TPSA) is 184 Å². The van der Waals surface area contributed by atoms with Crippen molar-refractivity contribution >= 4 is 63.5 Å². The van der Waals surface area contributed by atoms with Crippen molar-refractivity contribution in [2.24, 2.45) is 5.16 Å². The van der Waals surface area contributed by atoms with Crippen LogP contribution in [0.1, 0.15) is 11.4 Å². The largest absolute Gasteiger partial charge is 0.477 e. The molecule has 4 rings (SSSR count). The van der Waals surface area contributed by atoms with Crippen LogP contribution in [0, 0.1) is 0 Å². The Labute approximate surface area is 193 Å². The van der Waals surface area contributed by atoms with Crippen LogP contribution >= 0.6 is 34.9 Å². The Balaban J connectivity index is 1.48. The second-order valence-corrected chi connectivity index (χ2v) is 9.51. The summed E-state index contributed by atoms with van der Waals surface area (Å²) < 4.78 is 0. The number of nitrogens with two attached hydrogens (primary N) is 1. The first-order valence-corrected chi connectivity index (χ1v) is 11.8. The lowest BCUT2D eigenvalue weighted by atomic mass is 10.0. The molecule has 0 saturated carbocycles. The van der Waals surface area contributed by atoms with Gasteiger partial charge < -0.3 is 21.4 Å². The third kappa shape index (κ3) is 4.13. The summed E-state index contributed by atoms with van der Waals surface area (Å²) in [6.45, 7) is 0. The van der Waals surface area contributed by atoms with Crippen LogP contribution < -0.4 is 11.1 Å². The smallest absolute Gasteiger partial charge is 0.353 e. The Morgan fingerprint density at radius 1 is 1.44 bits per heavy atom. The second kappa shape index (κ2) is 9.13. The number of carbonyl (C=O) groups excluding carboxylic acids is 2. The molecule has 0 unspecified atom stereocenters. The minimum absolute atomic E-state index is 0.0713. The van der Waals surface area contributed by atoms with Crippen molar-refractivity contribution in [2.45, 2.75) is 17.2 Å². The summed E-state index contributed by atoms with van der Waals surface area (Å²) in [7, 11) is 0. The number of thiazole rings is 1. The Hall–Kier alpha value is -3.17. The van der Waals surface area contributed by atoms with Gasteiger partial charge in [-0.2, -0.15) is 0 Å². The number of carbonyl (C=O) groups is 3. The van der Waals surface area contributed by atoms with Crippen molar-refractivity contribution in [3.05, 3.63) is 46.0 Å². The highest BCUT2D eigenvalue weighted by Gasteiger charge is 2.54. The fourth-order valence-corrected chi connectivity index (χ4v) is 6.18. The lowest BCUT2D eigenvalue weighted by Crippen LogP contribution is -2.71. The van der Waals surface area contributed by atoms with Crippen LogP contribution in [-0.2, 0) is 20.1 Å². The van der Waals surface area contributed by atoms with Gasteiger partial charge in [-0.05, 0) is 6.07 Å². The first kappa shape index (κ1) is 22.0. The quantitative estimate of drug-likeness (QED) is 0.180. The molecule has 0 spiro atoms. The lowest BCUT2D eigenvalue weighted by Gasteiger charge is -2.49. The molecule has 1 saturated heterocycles. The summed E-state index contributed by atoms with van der Waals surface area (Å²) in [5.41, 5.74) is 5.85. The molecule has 5 N–H and O–H groups in total. The highest BCUT2D eigenvalue weighted by atomic mass is 32.2. The third-order valence-corrected chi connectivity index (χ3v) is 7.80. The summed E-state index contributed by atoms with van der Waals surface area (Å²) in [6.07, 6.45) is 3.00. The molecule has 2 atom stereocenters. The van der Waals surface area contributed by atoms with Crippen LogP contribution in [-0.4, -0.2) is 70.8 Å². The zero-order valence-corrected chi connectivity index (χ0v) is 18.5. The highest BCUT2D eigenvalue weighted by Crippen LogP contribution is 2.43. The van der Waals surface area contributed by atoms with Crippen LogP contribution in [0.3, 0.4) is 0 Å². The summed E-state index contributed by atoms with van der Waals surface area (Å²) in [6, 6.07) is 0.756. The van der Waals surface area contributed by atoms with E-state index in [2.05, 4.69) is 25.4 Å². The van der Waals surface area contributed by atoms with Gasteiger partial charge in [0, 0.05) is 28.0 Å². The number of nitrogens with one attached hydrogen (secondary N) is 1. The van der Waals surface area contributed by atoms with E-state index in [0.717, 1.165) is 17.0 Å². The number of oxime groups is 1. The number of amides is 2. The van der Waals surface area contributed by atoms with Gasteiger partial charge in [-0.15, -0.1) is 34.9 Å². The highest BCUT2D eigenvalue weighted by molar-refractivity contribution is 8.05. The monoisotopic (exact) mass is 493 g/mol. The zero-order chi connectivity index (χ0) is 22.8. The summed E-state index contributed by atoms with van der Waals surface area (Å²) in [4.78, 5) is 50.8. The van der Waals surface area contributed by atoms with E-state index in [4.69, 9.17) is 5.73 Å². The number of nitrogens with zero attached hydrogens (tertiary/aromatic N) is 5. The number of hydrogen-bond acceptors (Lipinski definition) is 12. The number of carboxylic acid groups (broad SMARTS) is 1. The SMILES string of the molecule is Nc1nc(/C(=N/O)C(=O)N[C@@H]2C(=O)N3C(C(=O)O)=C(SCc4ccncn4)CS[C@H]23)cs1. The van der Waals surface area contributed by atoms with Crippen LogP contribution in [0.25, 0.3) is 0 Å². The average molecular weight is 494 g/mol. The molecule has 2 aliphatic heterocycles. The van der Waals surface area contributed by atoms with E-state index < -0.39 is 29.2 Å². The third-order valence-electron chi connectivity index (χ3n) is 4.54. The Bertz CT molecular complexity index is 1140. The maximum Gasteiger partial charge on any atom is 0.353 e. The molecule has 0 bridgehead atoms. The van der Waals surface area contributed by atoms with E-state index in [9.17, 15) is 24.7 Å². The van der Waals surface area contributed by atoms with E-state index in [1.54, 1.807) is 12.3 Å². The molecule has 4 heterocycles. The fraction of sp³-hybridized carbons (Fsp3) is 0.235. The zero-order valence-electron chi connectivity index (χ0n) is 16.0. The van der Waals surface area contributed by atoms with E-state index in [0.29, 0.717) is 16.4 Å². The van der Waals surface area contributed by atoms with Crippen LogP contribution in [0.2, 0.25) is 0 Å². The number of fused-ring (bicyclic) bond motifs is 1. The number of aromatic nitrogens is 3. The fourth-order valence-electron chi connectivity index (χ4n) is 3.08. The molecule has 2 aromatic rings. The molecule has 2 aromatic heterocycles. The molecule has 0 aliphatic carbocycles. The van der Waals surface area contributed by atoms with Gasteiger partial charge in [0.15, 0.2) is 10.8 Å². The van der Waals surface area contributed by atoms with Gasteiger partial charge in [0.25, 0.3) is 11.8 Å². The maximum atomic E-state index is 12.8. The molecular weight excluding hydrogens is 478 g/mol. The normalized spacial score (nSPS) is 20.6. The number of rotatable bonds is 7. The van der Waals surface area contributed by atoms with E-state index in [1.807, 2.05) is 0 Å². The van der Waals surface area contributed by atoms with Crippen molar-refractivity contribution in [2.75, 3.05) is 11.5 Å². The van der Waals surface area contributed by atoms with Crippen molar-refractivity contribution in [3.63, 3.8) is 0 Å². The van der Waals surface area contributed by atoms with Crippen molar-refractivity contribution in [3.8, 4) is 0 Å². The van der Waals surface area contributed by atoms with Crippen molar-refractivity contribution in [1.29, 1.82) is 0 Å². The number of aliphatic carboxylic acids is 1. The van der Waals surface area contributed by atoms with Crippen molar-refractivity contribution in [1.82, 2.24) is 25.2 Å².